The van der Waals surface area contributed by atoms with Gasteiger partial charge in [-0.1, -0.05) is 19.9 Å². The summed E-state index contributed by atoms with van der Waals surface area (Å²) in [7, 11) is 1.53. The number of pyridine rings is 1. The molecular weight excluding hydrogens is 274 g/mol. The van der Waals surface area contributed by atoms with Crippen molar-refractivity contribution in [3.05, 3.63) is 23.9 Å². The quantitative estimate of drug-likeness (QED) is 0.792. The third kappa shape index (κ3) is 6.11. The van der Waals surface area contributed by atoms with E-state index in [1.165, 1.54) is 12.0 Å². The number of aromatic nitrogens is 1. The standard InChI is InChI=1S/C14H21N3O4/c1-10(2)8-17(9-13(18)19)14(20)16-7-11-4-5-12(21-3)15-6-11/h4-6,10H,7-9H2,1-3H3,(H,16,20)(H,18,19). The summed E-state index contributed by atoms with van der Waals surface area (Å²) in [5.74, 6) is -0.341. The number of hydrogen-bond donors (Lipinski definition) is 2. The van der Waals surface area contributed by atoms with Gasteiger partial charge in [0.05, 0.1) is 7.11 Å². The first kappa shape index (κ1) is 16.7. The summed E-state index contributed by atoms with van der Waals surface area (Å²) in [6, 6.07) is 3.09. The van der Waals surface area contributed by atoms with Crippen LogP contribution >= 0.6 is 0 Å². The zero-order valence-electron chi connectivity index (χ0n) is 12.5. The lowest BCUT2D eigenvalue weighted by Crippen LogP contribution is -2.44. The summed E-state index contributed by atoms with van der Waals surface area (Å²) in [5.41, 5.74) is 0.809. The number of aliphatic carboxylic acids is 1. The molecule has 0 aromatic carbocycles. The van der Waals surface area contributed by atoms with Gasteiger partial charge in [0.2, 0.25) is 5.88 Å². The zero-order valence-corrected chi connectivity index (χ0v) is 12.5. The Balaban J connectivity index is 2.57. The molecule has 0 saturated heterocycles. The van der Waals surface area contributed by atoms with Crippen LogP contribution in [-0.2, 0) is 11.3 Å². The van der Waals surface area contributed by atoms with Crippen LogP contribution in [0.4, 0.5) is 4.79 Å². The third-order valence-electron chi connectivity index (χ3n) is 2.65. The largest absolute Gasteiger partial charge is 0.481 e. The summed E-state index contributed by atoms with van der Waals surface area (Å²) in [6.07, 6.45) is 1.60. The predicted molar refractivity (Wildman–Crippen MR) is 77.1 cm³/mol. The van der Waals surface area contributed by atoms with Crippen LogP contribution in [0.5, 0.6) is 5.88 Å². The van der Waals surface area contributed by atoms with E-state index in [0.29, 0.717) is 12.4 Å². The van der Waals surface area contributed by atoms with Gasteiger partial charge in [-0.3, -0.25) is 4.79 Å². The lowest BCUT2D eigenvalue weighted by Gasteiger charge is -2.23. The van der Waals surface area contributed by atoms with Crippen LogP contribution in [0.15, 0.2) is 18.3 Å². The highest BCUT2D eigenvalue weighted by atomic mass is 16.5. The van der Waals surface area contributed by atoms with E-state index >= 15 is 0 Å². The maximum Gasteiger partial charge on any atom is 0.323 e. The van der Waals surface area contributed by atoms with Crippen molar-refractivity contribution < 1.29 is 19.4 Å². The number of urea groups is 1. The van der Waals surface area contributed by atoms with Crippen LogP contribution in [-0.4, -0.2) is 47.2 Å². The number of rotatable bonds is 7. The molecule has 2 N–H and O–H groups in total. The van der Waals surface area contributed by atoms with E-state index in [2.05, 4.69) is 10.3 Å². The molecule has 0 aliphatic carbocycles. The molecule has 1 heterocycles. The van der Waals surface area contributed by atoms with Crippen LogP contribution < -0.4 is 10.1 Å². The molecule has 116 valence electrons. The van der Waals surface area contributed by atoms with Crippen molar-refractivity contribution in [2.24, 2.45) is 5.92 Å². The molecule has 0 atom stereocenters. The Morgan fingerprint density at radius 3 is 2.62 bits per heavy atom. The molecule has 21 heavy (non-hydrogen) atoms. The lowest BCUT2D eigenvalue weighted by molar-refractivity contribution is -0.137. The normalized spacial score (nSPS) is 10.3. The zero-order chi connectivity index (χ0) is 15.8. The number of carbonyl (C=O) groups is 2. The van der Waals surface area contributed by atoms with Crippen molar-refractivity contribution in [2.45, 2.75) is 20.4 Å². The Morgan fingerprint density at radius 1 is 1.43 bits per heavy atom. The maximum absolute atomic E-state index is 12.0. The molecule has 0 radical (unpaired) electrons. The minimum atomic E-state index is -1.03. The van der Waals surface area contributed by atoms with E-state index < -0.39 is 12.0 Å². The second-order valence-electron chi connectivity index (χ2n) is 5.04. The van der Waals surface area contributed by atoms with Gasteiger partial charge in [0.25, 0.3) is 0 Å². The number of carboxylic acids is 1. The molecule has 0 fully saturated rings. The van der Waals surface area contributed by atoms with E-state index in [1.807, 2.05) is 13.8 Å². The van der Waals surface area contributed by atoms with Gasteiger partial charge in [0.1, 0.15) is 6.54 Å². The molecule has 0 spiro atoms. The molecule has 0 aliphatic heterocycles. The molecule has 7 nitrogen and oxygen atoms in total. The second kappa shape index (κ2) is 8.08. The van der Waals surface area contributed by atoms with Crippen molar-refractivity contribution >= 4 is 12.0 Å². The highest BCUT2D eigenvalue weighted by Crippen LogP contribution is 2.06. The third-order valence-corrected chi connectivity index (χ3v) is 2.65. The molecule has 0 unspecified atom stereocenters. The first-order chi connectivity index (χ1) is 9.92. The van der Waals surface area contributed by atoms with Gasteiger partial charge in [0.15, 0.2) is 0 Å². The van der Waals surface area contributed by atoms with Gasteiger partial charge in [-0.05, 0) is 11.5 Å². The van der Waals surface area contributed by atoms with E-state index in [-0.39, 0.29) is 19.0 Å². The average Bonchev–Trinajstić information content (AvgIpc) is 2.43. The number of nitrogens with one attached hydrogen (secondary N) is 1. The highest BCUT2D eigenvalue weighted by molar-refractivity contribution is 5.80. The lowest BCUT2D eigenvalue weighted by atomic mass is 10.2. The van der Waals surface area contributed by atoms with Crippen LogP contribution in [0.2, 0.25) is 0 Å². The van der Waals surface area contributed by atoms with Crippen molar-refractivity contribution in [3.63, 3.8) is 0 Å². The Labute approximate surface area is 123 Å². The number of ether oxygens (including phenoxy) is 1. The number of carboxylic acid groups (broad SMARTS) is 1. The number of nitrogens with zero attached hydrogens (tertiary/aromatic N) is 2. The number of hydrogen-bond acceptors (Lipinski definition) is 4. The summed E-state index contributed by atoms with van der Waals surface area (Å²) in [6.45, 7) is 4.21. The molecule has 0 bridgehead atoms. The molecule has 1 aromatic heterocycles. The highest BCUT2D eigenvalue weighted by Gasteiger charge is 2.17. The molecule has 1 aromatic rings. The summed E-state index contributed by atoms with van der Waals surface area (Å²) < 4.78 is 4.95. The first-order valence-corrected chi connectivity index (χ1v) is 6.66. The maximum atomic E-state index is 12.0. The molecule has 2 amide bonds. The van der Waals surface area contributed by atoms with Gasteiger partial charge < -0.3 is 20.1 Å². The van der Waals surface area contributed by atoms with Crippen molar-refractivity contribution in [1.29, 1.82) is 0 Å². The van der Waals surface area contributed by atoms with Crippen LogP contribution in [0.3, 0.4) is 0 Å². The summed E-state index contributed by atoms with van der Waals surface area (Å²) in [4.78, 5) is 28.1. The van der Waals surface area contributed by atoms with Crippen LogP contribution in [0.25, 0.3) is 0 Å². The van der Waals surface area contributed by atoms with Crippen LogP contribution in [0.1, 0.15) is 19.4 Å². The van der Waals surface area contributed by atoms with Gasteiger partial charge in [-0.25, -0.2) is 9.78 Å². The predicted octanol–water partition coefficient (Wildman–Crippen LogP) is 1.34. The van der Waals surface area contributed by atoms with E-state index in [1.54, 1.807) is 18.3 Å². The smallest absolute Gasteiger partial charge is 0.323 e. The van der Waals surface area contributed by atoms with E-state index in [0.717, 1.165) is 5.56 Å². The number of methoxy groups -OCH3 is 1. The number of carbonyl (C=O) groups excluding carboxylic acids is 1. The monoisotopic (exact) mass is 295 g/mol. The molecule has 0 saturated carbocycles. The molecule has 0 aliphatic rings. The summed E-state index contributed by atoms with van der Waals surface area (Å²) >= 11 is 0. The fourth-order valence-electron chi connectivity index (χ4n) is 1.75. The van der Waals surface area contributed by atoms with Gasteiger partial charge >= 0.3 is 12.0 Å². The van der Waals surface area contributed by atoms with E-state index in [4.69, 9.17) is 9.84 Å². The van der Waals surface area contributed by atoms with Crippen molar-refractivity contribution in [3.8, 4) is 5.88 Å². The number of amides is 2. The van der Waals surface area contributed by atoms with E-state index in [9.17, 15) is 9.59 Å². The average molecular weight is 295 g/mol. The van der Waals surface area contributed by atoms with Gasteiger partial charge in [-0.2, -0.15) is 0 Å². The fraction of sp³-hybridized carbons (Fsp3) is 0.500. The minimum absolute atomic E-state index is 0.192. The Bertz CT molecular complexity index is 474. The molecular formula is C14H21N3O4. The van der Waals surface area contributed by atoms with Crippen LogP contribution in [0, 0.1) is 5.92 Å². The Kier molecular flexibility index (Phi) is 6.45. The van der Waals surface area contributed by atoms with Crippen molar-refractivity contribution in [2.75, 3.05) is 20.2 Å². The Morgan fingerprint density at radius 2 is 2.14 bits per heavy atom. The Hall–Kier alpha value is -2.31. The minimum Gasteiger partial charge on any atom is -0.481 e. The molecule has 1 rings (SSSR count). The summed E-state index contributed by atoms with van der Waals surface area (Å²) in [5, 5.41) is 11.5. The van der Waals surface area contributed by atoms with Crippen molar-refractivity contribution in [1.82, 2.24) is 15.2 Å². The van der Waals surface area contributed by atoms with Gasteiger partial charge in [-0.15, -0.1) is 0 Å². The molecule has 7 heteroatoms. The SMILES string of the molecule is COc1ccc(CNC(=O)N(CC(=O)O)CC(C)C)cn1. The topological polar surface area (TPSA) is 91.8 Å². The second-order valence-corrected chi connectivity index (χ2v) is 5.04. The first-order valence-electron chi connectivity index (χ1n) is 6.66. The fourth-order valence-corrected chi connectivity index (χ4v) is 1.75. The van der Waals surface area contributed by atoms with Gasteiger partial charge in [0, 0.05) is 25.4 Å².